The third kappa shape index (κ3) is 5.35. The van der Waals surface area contributed by atoms with E-state index in [1.165, 1.54) is 43.5 Å². The van der Waals surface area contributed by atoms with Crippen molar-refractivity contribution < 1.29 is 30.8 Å². The Labute approximate surface area is 217 Å². The highest BCUT2D eigenvalue weighted by Crippen LogP contribution is 2.36. The second-order valence-electron chi connectivity index (χ2n) is 9.34. The first-order chi connectivity index (χ1) is 17.9. The van der Waals surface area contributed by atoms with Crippen LogP contribution in [0, 0.1) is 11.3 Å². The zero-order chi connectivity index (χ0) is 27.7. The maximum absolute atomic E-state index is 13.4. The molecular weight excluding hydrogens is 524 g/mol. The van der Waals surface area contributed by atoms with Gasteiger partial charge in [-0.1, -0.05) is 18.2 Å². The summed E-state index contributed by atoms with van der Waals surface area (Å²) >= 11 is 0. The smallest absolute Gasteiger partial charge is 0.349 e. The normalized spacial score (nSPS) is 22.1. The highest BCUT2D eigenvalue weighted by molar-refractivity contribution is 7.90. The summed E-state index contributed by atoms with van der Waals surface area (Å²) in [6.45, 7) is 1.55. The SMILES string of the molecule is CC1(S(=O)(=O)N2CCC[C@H]2C(=O)NCc2cc(-c3ccc(C(F)(F)F)cc3)c(C#N)cn2)C=CC(F)=CC1. The number of rotatable bonds is 6. The fourth-order valence-electron chi connectivity index (χ4n) is 4.50. The van der Waals surface area contributed by atoms with Crippen LogP contribution >= 0.6 is 0 Å². The lowest BCUT2D eigenvalue weighted by atomic mass is 10.00. The zero-order valence-corrected chi connectivity index (χ0v) is 21.1. The molecule has 1 amide bonds. The number of allylic oxidation sites excluding steroid dienone is 3. The number of amides is 1. The average molecular weight is 549 g/mol. The number of nitriles is 1. The van der Waals surface area contributed by atoms with Crippen LogP contribution in [-0.2, 0) is 27.5 Å². The van der Waals surface area contributed by atoms with Gasteiger partial charge in [0.25, 0.3) is 0 Å². The number of benzene rings is 1. The number of alkyl halides is 3. The van der Waals surface area contributed by atoms with E-state index < -0.39 is 44.3 Å². The first-order valence-electron chi connectivity index (χ1n) is 11.8. The Hall–Kier alpha value is -3.56. The molecule has 1 aromatic carbocycles. The molecule has 2 aliphatic rings. The number of sulfonamides is 1. The van der Waals surface area contributed by atoms with Gasteiger partial charge in [0.1, 0.15) is 22.7 Å². The quantitative estimate of drug-likeness (QED) is 0.531. The molecule has 1 unspecified atom stereocenters. The first-order valence-corrected chi connectivity index (χ1v) is 13.2. The highest BCUT2D eigenvalue weighted by atomic mass is 32.2. The Morgan fingerprint density at radius 3 is 2.61 bits per heavy atom. The van der Waals surface area contributed by atoms with Crippen LogP contribution in [0.4, 0.5) is 17.6 Å². The van der Waals surface area contributed by atoms with Crippen molar-refractivity contribution in [1.82, 2.24) is 14.6 Å². The van der Waals surface area contributed by atoms with Crippen LogP contribution in [0.2, 0.25) is 0 Å². The Morgan fingerprint density at radius 1 is 1.29 bits per heavy atom. The van der Waals surface area contributed by atoms with Gasteiger partial charge in [0.05, 0.1) is 23.4 Å². The van der Waals surface area contributed by atoms with E-state index in [1.54, 1.807) is 0 Å². The van der Waals surface area contributed by atoms with Crippen molar-refractivity contribution in [2.45, 2.75) is 49.7 Å². The van der Waals surface area contributed by atoms with Crippen molar-refractivity contribution >= 4 is 15.9 Å². The van der Waals surface area contributed by atoms with E-state index in [0.29, 0.717) is 29.7 Å². The van der Waals surface area contributed by atoms with Crippen LogP contribution in [0.15, 0.2) is 60.6 Å². The number of hydrogen-bond donors (Lipinski definition) is 1. The molecule has 2 heterocycles. The van der Waals surface area contributed by atoms with Gasteiger partial charge < -0.3 is 5.32 Å². The van der Waals surface area contributed by atoms with Gasteiger partial charge in [0.2, 0.25) is 15.9 Å². The molecule has 0 saturated carbocycles. The summed E-state index contributed by atoms with van der Waals surface area (Å²) < 4.78 is 78.7. The number of nitrogens with zero attached hydrogens (tertiary/aromatic N) is 3. The minimum absolute atomic E-state index is 0.0512. The van der Waals surface area contributed by atoms with Crippen LogP contribution in [-0.4, -0.2) is 40.9 Å². The van der Waals surface area contributed by atoms with E-state index >= 15 is 0 Å². The molecule has 1 aliphatic carbocycles. The van der Waals surface area contributed by atoms with E-state index in [4.69, 9.17) is 0 Å². The monoisotopic (exact) mass is 548 g/mol. The van der Waals surface area contributed by atoms with Crippen LogP contribution in [0.3, 0.4) is 0 Å². The van der Waals surface area contributed by atoms with Crippen LogP contribution in [0.5, 0.6) is 0 Å². The zero-order valence-electron chi connectivity index (χ0n) is 20.3. The second kappa shape index (κ2) is 10.3. The topological polar surface area (TPSA) is 103 Å². The van der Waals surface area contributed by atoms with Crippen molar-refractivity contribution in [2.75, 3.05) is 6.54 Å². The lowest BCUT2D eigenvalue weighted by Crippen LogP contribution is -2.52. The largest absolute Gasteiger partial charge is 0.416 e. The summed E-state index contributed by atoms with van der Waals surface area (Å²) in [5, 5.41) is 12.1. The molecule has 4 rings (SSSR count). The van der Waals surface area contributed by atoms with E-state index in [2.05, 4.69) is 10.3 Å². The molecule has 0 radical (unpaired) electrons. The van der Waals surface area contributed by atoms with Crippen LogP contribution in [0.25, 0.3) is 11.1 Å². The molecule has 12 heteroatoms. The molecule has 1 N–H and O–H groups in total. The minimum Gasteiger partial charge on any atom is -0.349 e. The van der Waals surface area contributed by atoms with Crippen molar-refractivity contribution in [3.63, 3.8) is 0 Å². The van der Waals surface area contributed by atoms with Gasteiger partial charge in [-0.15, -0.1) is 0 Å². The maximum atomic E-state index is 13.4. The molecule has 7 nitrogen and oxygen atoms in total. The predicted octanol–water partition coefficient (Wildman–Crippen LogP) is 4.62. The Kier molecular flexibility index (Phi) is 7.45. The molecule has 1 aromatic heterocycles. The lowest BCUT2D eigenvalue weighted by molar-refractivity contribution is -0.137. The Bertz CT molecular complexity index is 1450. The average Bonchev–Trinajstić information content (AvgIpc) is 3.39. The summed E-state index contributed by atoms with van der Waals surface area (Å²) in [5.41, 5.74) is 0.380. The molecule has 0 spiro atoms. The summed E-state index contributed by atoms with van der Waals surface area (Å²) in [5.74, 6) is -1.04. The number of nitrogens with one attached hydrogen (secondary N) is 1. The number of pyridine rings is 1. The number of halogens is 4. The maximum Gasteiger partial charge on any atom is 0.416 e. The minimum atomic E-state index is -4.50. The molecule has 1 fully saturated rings. The Morgan fingerprint density at radius 2 is 2.00 bits per heavy atom. The molecule has 38 heavy (non-hydrogen) atoms. The second-order valence-corrected chi connectivity index (χ2v) is 11.7. The van der Waals surface area contributed by atoms with Crippen molar-refractivity contribution in [3.05, 3.63) is 77.4 Å². The molecule has 1 saturated heterocycles. The molecule has 2 atom stereocenters. The third-order valence-electron chi connectivity index (χ3n) is 6.75. The number of hydrogen-bond acceptors (Lipinski definition) is 5. The van der Waals surface area contributed by atoms with Crippen molar-refractivity contribution in [2.24, 2.45) is 0 Å². The predicted molar refractivity (Wildman–Crippen MR) is 131 cm³/mol. The fraction of sp³-hybridized carbons (Fsp3) is 0.346. The number of carbonyl (C=O) groups excluding carboxylic acids is 1. The molecular formula is C26H24F4N4O3S. The van der Waals surface area contributed by atoms with Gasteiger partial charge in [0, 0.05) is 18.3 Å². The van der Waals surface area contributed by atoms with Crippen LogP contribution in [0.1, 0.15) is 43.0 Å². The van der Waals surface area contributed by atoms with Crippen molar-refractivity contribution in [1.29, 1.82) is 5.26 Å². The summed E-state index contributed by atoms with van der Waals surface area (Å²) in [7, 11) is -3.99. The van der Waals surface area contributed by atoms with Gasteiger partial charge in [-0.05, 0) is 62.1 Å². The van der Waals surface area contributed by atoms with E-state index in [9.17, 15) is 36.0 Å². The Balaban J connectivity index is 1.50. The standard InChI is InChI=1S/C26H24F4N4O3S/c1-25(10-8-20(27)9-11-25)38(36,37)34-12-2-3-23(34)24(35)33-16-21-13-22(18(14-31)15-32-21)17-4-6-19(7-5-17)26(28,29)30/h4-10,13,15,23H,2-3,11-12,16H2,1H3,(H,33,35)/t23-,25?/m0/s1. The summed E-state index contributed by atoms with van der Waals surface area (Å²) in [4.78, 5) is 17.2. The van der Waals surface area contributed by atoms with E-state index in [0.717, 1.165) is 22.5 Å². The van der Waals surface area contributed by atoms with Crippen molar-refractivity contribution in [3.8, 4) is 17.2 Å². The number of carbonyl (C=O) groups is 1. The molecule has 1 aliphatic heterocycles. The lowest BCUT2D eigenvalue weighted by Gasteiger charge is -2.34. The van der Waals surface area contributed by atoms with Gasteiger partial charge in [-0.2, -0.15) is 22.7 Å². The molecule has 0 bridgehead atoms. The van der Waals surface area contributed by atoms with E-state index in [1.807, 2.05) is 6.07 Å². The van der Waals surface area contributed by atoms with E-state index in [-0.39, 0.29) is 25.1 Å². The van der Waals surface area contributed by atoms with Gasteiger partial charge in [-0.3, -0.25) is 9.78 Å². The van der Waals surface area contributed by atoms with Crippen LogP contribution < -0.4 is 5.32 Å². The number of aromatic nitrogens is 1. The third-order valence-corrected chi connectivity index (χ3v) is 9.29. The van der Waals surface area contributed by atoms with Gasteiger partial charge in [-0.25, -0.2) is 12.8 Å². The molecule has 200 valence electrons. The highest BCUT2D eigenvalue weighted by Gasteiger charge is 2.47. The summed E-state index contributed by atoms with van der Waals surface area (Å²) in [6, 6.07) is 6.85. The molecule has 2 aromatic rings. The fourth-order valence-corrected chi connectivity index (χ4v) is 6.47. The van der Waals surface area contributed by atoms with Gasteiger partial charge >= 0.3 is 6.18 Å². The first kappa shape index (κ1) is 27.5. The summed E-state index contributed by atoms with van der Waals surface area (Å²) in [6.07, 6.45) is 1.12. The van der Waals surface area contributed by atoms with Gasteiger partial charge in [0.15, 0.2) is 0 Å².